The number of carboxylic acid groups (broad SMARTS) is 1. The molecule has 0 saturated carbocycles. The zero-order chi connectivity index (χ0) is 15.6. The summed E-state index contributed by atoms with van der Waals surface area (Å²) in [6, 6.07) is 7.07. The van der Waals surface area contributed by atoms with Crippen LogP contribution in [0.2, 0.25) is 0 Å². The molecule has 0 aliphatic carbocycles. The van der Waals surface area contributed by atoms with Crippen LogP contribution < -0.4 is 5.56 Å². The van der Waals surface area contributed by atoms with Crippen LogP contribution in [0.5, 0.6) is 0 Å². The number of benzene rings is 1. The lowest BCUT2D eigenvalue weighted by atomic mass is 9.97. The van der Waals surface area contributed by atoms with E-state index in [1.54, 1.807) is 0 Å². The van der Waals surface area contributed by atoms with Crippen molar-refractivity contribution in [2.24, 2.45) is 0 Å². The maximum atomic E-state index is 13.0. The molecule has 4 nitrogen and oxygen atoms in total. The number of pyridine rings is 1. The van der Waals surface area contributed by atoms with Gasteiger partial charge in [0.15, 0.2) is 0 Å². The number of H-pyrrole nitrogens is 1. The van der Waals surface area contributed by atoms with Gasteiger partial charge in [-0.2, -0.15) is 13.2 Å². The van der Waals surface area contributed by atoms with E-state index in [0.717, 1.165) is 12.1 Å². The highest BCUT2D eigenvalue weighted by atomic mass is 19.4. The van der Waals surface area contributed by atoms with Crippen molar-refractivity contribution in [3.63, 3.8) is 0 Å². The highest BCUT2D eigenvalue weighted by Gasteiger charge is 2.33. The van der Waals surface area contributed by atoms with Crippen LogP contribution in [0.4, 0.5) is 13.2 Å². The fourth-order valence-electron chi connectivity index (χ4n) is 2.03. The third-order valence-corrected chi connectivity index (χ3v) is 2.85. The average Bonchev–Trinajstić information content (AvgIpc) is 2.37. The number of nitrogens with one attached hydrogen (secondary N) is 1. The van der Waals surface area contributed by atoms with E-state index in [-0.39, 0.29) is 16.8 Å². The van der Waals surface area contributed by atoms with Gasteiger partial charge in [0, 0.05) is 17.3 Å². The van der Waals surface area contributed by atoms with E-state index in [0.29, 0.717) is 0 Å². The molecular formula is C14H10F3NO3. The fraction of sp³-hybridized carbons (Fsp3) is 0.143. The number of hydrogen-bond acceptors (Lipinski definition) is 2. The molecule has 0 unspecified atom stereocenters. The molecule has 0 spiro atoms. The number of carbonyl (C=O) groups is 1. The summed E-state index contributed by atoms with van der Waals surface area (Å²) in [6.07, 6.45) is -5.15. The summed E-state index contributed by atoms with van der Waals surface area (Å²) in [5, 5.41) is 8.81. The number of halogens is 3. The summed E-state index contributed by atoms with van der Waals surface area (Å²) in [5.74, 6) is -1.25. The van der Waals surface area contributed by atoms with E-state index >= 15 is 0 Å². The molecule has 0 bridgehead atoms. The van der Waals surface area contributed by atoms with Crippen LogP contribution in [-0.2, 0) is 17.4 Å². The van der Waals surface area contributed by atoms with Crippen molar-refractivity contribution in [3.8, 4) is 11.1 Å². The van der Waals surface area contributed by atoms with Gasteiger partial charge in [-0.05, 0) is 17.7 Å². The third kappa shape index (κ3) is 3.31. The van der Waals surface area contributed by atoms with Crippen molar-refractivity contribution in [1.82, 2.24) is 4.98 Å². The lowest BCUT2D eigenvalue weighted by molar-refractivity contribution is -0.137. The Labute approximate surface area is 116 Å². The summed E-state index contributed by atoms with van der Waals surface area (Å²) < 4.78 is 39.1. The Morgan fingerprint density at radius 3 is 2.38 bits per heavy atom. The SMILES string of the molecule is O=C(O)Cc1[nH]c(=O)ccc1-c1ccccc1C(F)(F)F. The second-order valence-corrected chi connectivity index (χ2v) is 4.33. The number of aliphatic carboxylic acids is 1. The summed E-state index contributed by atoms with van der Waals surface area (Å²) >= 11 is 0. The Balaban J connectivity index is 2.68. The smallest absolute Gasteiger partial charge is 0.417 e. The molecule has 0 aliphatic heterocycles. The van der Waals surface area contributed by atoms with Crippen molar-refractivity contribution in [3.05, 3.63) is 58.0 Å². The second kappa shape index (κ2) is 5.43. The van der Waals surface area contributed by atoms with Crippen molar-refractivity contribution in [1.29, 1.82) is 0 Å². The number of hydrogen-bond donors (Lipinski definition) is 2. The molecule has 0 amide bonds. The lowest BCUT2D eigenvalue weighted by Gasteiger charge is -2.14. The minimum absolute atomic E-state index is 0.0462. The minimum Gasteiger partial charge on any atom is -0.481 e. The Morgan fingerprint density at radius 1 is 1.10 bits per heavy atom. The molecule has 21 heavy (non-hydrogen) atoms. The van der Waals surface area contributed by atoms with E-state index in [1.807, 2.05) is 0 Å². The molecule has 1 aromatic carbocycles. The standard InChI is InChI=1S/C14H10F3NO3/c15-14(16,17)10-4-2-1-3-8(10)9-5-6-12(19)18-11(9)7-13(20)21/h1-6H,7H2,(H,18,19)(H,20,21). The van der Waals surface area contributed by atoms with Gasteiger partial charge in [0.1, 0.15) is 0 Å². The van der Waals surface area contributed by atoms with Crippen LogP contribution in [-0.4, -0.2) is 16.1 Å². The van der Waals surface area contributed by atoms with Crippen LogP contribution in [0.3, 0.4) is 0 Å². The number of aromatic amines is 1. The summed E-state index contributed by atoms with van der Waals surface area (Å²) in [7, 11) is 0. The number of aromatic nitrogens is 1. The van der Waals surface area contributed by atoms with Gasteiger partial charge in [0.05, 0.1) is 12.0 Å². The summed E-state index contributed by atoms with van der Waals surface area (Å²) in [4.78, 5) is 24.3. The molecule has 0 atom stereocenters. The fourth-order valence-corrected chi connectivity index (χ4v) is 2.03. The molecule has 0 saturated heterocycles. The number of rotatable bonds is 3. The molecular weight excluding hydrogens is 287 g/mol. The summed E-state index contributed by atoms with van der Waals surface area (Å²) in [6.45, 7) is 0. The first kappa shape index (κ1) is 14.8. The molecule has 7 heteroatoms. The molecule has 2 N–H and O–H groups in total. The van der Waals surface area contributed by atoms with Gasteiger partial charge in [0.25, 0.3) is 0 Å². The zero-order valence-corrected chi connectivity index (χ0v) is 10.6. The van der Waals surface area contributed by atoms with Gasteiger partial charge >= 0.3 is 12.1 Å². The van der Waals surface area contributed by atoms with E-state index in [1.165, 1.54) is 24.3 Å². The lowest BCUT2D eigenvalue weighted by Crippen LogP contribution is -2.14. The Bertz CT molecular complexity index is 735. The van der Waals surface area contributed by atoms with Gasteiger partial charge in [-0.1, -0.05) is 18.2 Å². The zero-order valence-electron chi connectivity index (χ0n) is 10.6. The summed E-state index contributed by atoms with van der Waals surface area (Å²) in [5.41, 5.74) is -1.64. The van der Waals surface area contributed by atoms with Crippen LogP contribution in [0.25, 0.3) is 11.1 Å². The van der Waals surface area contributed by atoms with Gasteiger partial charge < -0.3 is 10.1 Å². The van der Waals surface area contributed by atoms with Crippen LogP contribution in [0.1, 0.15) is 11.3 Å². The Hall–Kier alpha value is -2.57. The predicted molar refractivity (Wildman–Crippen MR) is 68.8 cm³/mol. The van der Waals surface area contributed by atoms with Crippen molar-refractivity contribution in [2.45, 2.75) is 12.6 Å². The minimum atomic E-state index is -4.58. The van der Waals surface area contributed by atoms with Gasteiger partial charge in [-0.15, -0.1) is 0 Å². The van der Waals surface area contributed by atoms with Crippen LogP contribution in [0.15, 0.2) is 41.2 Å². The second-order valence-electron chi connectivity index (χ2n) is 4.33. The van der Waals surface area contributed by atoms with E-state index < -0.39 is 29.7 Å². The predicted octanol–water partition coefficient (Wildman–Crippen LogP) is 2.69. The van der Waals surface area contributed by atoms with Crippen molar-refractivity contribution < 1.29 is 23.1 Å². The van der Waals surface area contributed by atoms with Crippen molar-refractivity contribution >= 4 is 5.97 Å². The van der Waals surface area contributed by atoms with E-state index in [9.17, 15) is 22.8 Å². The highest BCUT2D eigenvalue weighted by molar-refractivity contribution is 5.76. The van der Waals surface area contributed by atoms with Crippen LogP contribution in [0, 0.1) is 0 Å². The molecule has 0 radical (unpaired) electrons. The topological polar surface area (TPSA) is 70.2 Å². The Morgan fingerprint density at radius 2 is 1.76 bits per heavy atom. The first-order chi connectivity index (χ1) is 9.79. The van der Waals surface area contributed by atoms with E-state index in [2.05, 4.69) is 4.98 Å². The van der Waals surface area contributed by atoms with E-state index in [4.69, 9.17) is 5.11 Å². The monoisotopic (exact) mass is 297 g/mol. The maximum Gasteiger partial charge on any atom is 0.417 e. The highest BCUT2D eigenvalue weighted by Crippen LogP contribution is 2.37. The normalized spacial score (nSPS) is 11.4. The molecule has 1 aromatic heterocycles. The Kier molecular flexibility index (Phi) is 3.84. The first-order valence-corrected chi connectivity index (χ1v) is 5.89. The quantitative estimate of drug-likeness (QED) is 0.915. The maximum absolute atomic E-state index is 13.0. The molecule has 110 valence electrons. The van der Waals surface area contributed by atoms with Gasteiger partial charge in [-0.25, -0.2) is 0 Å². The van der Waals surface area contributed by atoms with Gasteiger partial charge in [-0.3, -0.25) is 9.59 Å². The molecule has 0 aliphatic rings. The largest absolute Gasteiger partial charge is 0.481 e. The molecule has 2 aromatic rings. The number of alkyl halides is 3. The first-order valence-electron chi connectivity index (χ1n) is 5.89. The van der Waals surface area contributed by atoms with Crippen molar-refractivity contribution in [2.75, 3.05) is 0 Å². The number of carboxylic acids is 1. The van der Waals surface area contributed by atoms with Crippen LogP contribution >= 0.6 is 0 Å². The average molecular weight is 297 g/mol. The molecule has 0 fully saturated rings. The third-order valence-electron chi connectivity index (χ3n) is 2.85. The molecule has 1 heterocycles. The molecule has 2 rings (SSSR count). The van der Waals surface area contributed by atoms with Gasteiger partial charge in [0.2, 0.25) is 5.56 Å².